The second-order valence-corrected chi connectivity index (χ2v) is 9.51. The molecule has 0 radical (unpaired) electrons. The normalized spacial score (nSPS) is 15.7. The van der Waals surface area contributed by atoms with Gasteiger partial charge in [-0.2, -0.15) is 5.26 Å². The highest BCUT2D eigenvalue weighted by molar-refractivity contribution is 5.75. The molecule has 1 saturated heterocycles. The van der Waals surface area contributed by atoms with Gasteiger partial charge in [-0.15, -0.1) is 0 Å². The van der Waals surface area contributed by atoms with E-state index in [1.54, 1.807) is 10.8 Å². The summed E-state index contributed by atoms with van der Waals surface area (Å²) < 4.78 is 3.63. The molecular weight excluding hydrogens is 460 g/mol. The van der Waals surface area contributed by atoms with Crippen LogP contribution in [-0.2, 0) is 6.54 Å². The molecule has 7 heteroatoms. The predicted molar refractivity (Wildman–Crippen MR) is 143 cm³/mol. The third-order valence-corrected chi connectivity index (χ3v) is 7.21. The van der Waals surface area contributed by atoms with Crippen molar-refractivity contribution in [3.8, 4) is 22.9 Å². The zero-order valence-electron chi connectivity index (χ0n) is 20.6. The summed E-state index contributed by atoms with van der Waals surface area (Å²) in [7, 11) is 0. The van der Waals surface area contributed by atoms with Crippen LogP contribution in [0.3, 0.4) is 0 Å². The second kappa shape index (κ2) is 9.49. The van der Waals surface area contributed by atoms with Gasteiger partial charge in [0.25, 0.3) is 0 Å². The quantitative estimate of drug-likeness (QED) is 0.354. The summed E-state index contributed by atoms with van der Waals surface area (Å²) in [6, 6.07) is 25.5. The van der Waals surface area contributed by atoms with Gasteiger partial charge in [0.15, 0.2) is 5.65 Å². The molecule has 0 spiro atoms. The standard InChI is InChI=1S/C30H26N6O/c1-21-4-2-15-32-27(21)20-34-17-14-26(19-34)36-29-28(5-3-16-33-29)35(30(36)37)25-12-10-24(11-13-25)23-8-6-22(18-31)7-9-23/h2-13,15-16,26H,14,17,19-20H2,1H3. The van der Waals surface area contributed by atoms with Crippen molar-refractivity contribution in [2.45, 2.75) is 25.9 Å². The Hall–Kier alpha value is -4.54. The molecule has 7 nitrogen and oxygen atoms in total. The summed E-state index contributed by atoms with van der Waals surface area (Å²) in [6.07, 6.45) is 4.48. The third-order valence-electron chi connectivity index (χ3n) is 7.21. The third kappa shape index (κ3) is 4.22. The molecule has 5 aromatic rings. The van der Waals surface area contributed by atoms with Crippen LogP contribution in [-0.4, -0.2) is 37.1 Å². The lowest BCUT2D eigenvalue weighted by atomic mass is 10.0. The zero-order valence-corrected chi connectivity index (χ0v) is 20.6. The highest BCUT2D eigenvalue weighted by atomic mass is 16.2. The molecule has 1 aliphatic rings. The topological polar surface area (TPSA) is 79.7 Å². The molecule has 4 heterocycles. The number of aryl methyl sites for hydroxylation is 1. The summed E-state index contributed by atoms with van der Waals surface area (Å²) >= 11 is 0. The van der Waals surface area contributed by atoms with Gasteiger partial charge in [0.1, 0.15) is 0 Å². The molecule has 37 heavy (non-hydrogen) atoms. The number of likely N-dealkylation sites (tertiary alicyclic amines) is 1. The van der Waals surface area contributed by atoms with Crippen LogP contribution in [0, 0.1) is 18.3 Å². The van der Waals surface area contributed by atoms with Crippen LogP contribution >= 0.6 is 0 Å². The maximum absolute atomic E-state index is 13.8. The van der Waals surface area contributed by atoms with E-state index in [0.29, 0.717) is 11.2 Å². The van der Waals surface area contributed by atoms with Crippen LogP contribution < -0.4 is 5.69 Å². The second-order valence-electron chi connectivity index (χ2n) is 9.51. The molecular formula is C30H26N6O. The highest BCUT2D eigenvalue weighted by Gasteiger charge is 2.29. The van der Waals surface area contributed by atoms with E-state index in [-0.39, 0.29) is 11.7 Å². The number of nitriles is 1. The van der Waals surface area contributed by atoms with Gasteiger partial charge < -0.3 is 0 Å². The Balaban J connectivity index is 1.32. The average Bonchev–Trinajstić information content (AvgIpc) is 3.51. The average molecular weight is 487 g/mol. The number of pyridine rings is 2. The van der Waals surface area contributed by atoms with Gasteiger partial charge in [0.05, 0.1) is 34.6 Å². The number of fused-ring (bicyclic) bond motifs is 1. The molecule has 2 aromatic carbocycles. The van der Waals surface area contributed by atoms with E-state index in [1.165, 1.54) is 5.56 Å². The van der Waals surface area contributed by atoms with E-state index in [2.05, 4.69) is 33.9 Å². The monoisotopic (exact) mass is 486 g/mol. The molecule has 0 amide bonds. The fourth-order valence-corrected chi connectivity index (χ4v) is 5.23. The fraction of sp³-hybridized carbons (Fsp3) is 0.200. The van der Waals surface area contributed by atoms with Crippen LogP contribution in [0.5, 0.6) is 0 Å². The summed E-state index contributed by atoms with van der Waals surface area (Å²) in [6.45, 7) is 4.56. The fourth-order valence-electron chi connectivity index (χ4n) is 5.23. The first-order valence-electron chi connectivity index (χ1n) is 12.4. The van der Waals surface area contributed by atoms with Gasteiger partial charge in [0, 0.05) is 32.0 Å². The molecule has 3 aromatic heterocycles. The molecule has 0 bridgehead atoms. The minimum atomic E-state index is -0.0688. The minimum Gasteiger partial charge on any atom is -0.295 e. The van der Waals surface area contributed by atoms with E-state index in [4.69, 9.17) is 5.26 Å². The Labute approximate surface area is 214 Å². The lowest BCUT2D eigenvalue weighted by Crippen LogP contribution is -2.29. The highest BCUT2D eigenvalue weighted by Crippen LogP contribution is 2.27. The molecule has 0 aliphatic carbocycles. The smallest absolute Gasteiger partial charge is 0.295 e. The number of benzene rings is 2. The Bertz CT molecular complexity index is 1680. The lowest BCUT2D eigenvalue weighted by Gasteiger charge is -2.17. The molecule has 0 saturated carbocycles. The van der Waals surface area contributed by atoms with Crippen LogP contribution in [0.4, 0.5) is 0 Å². The summed E-state index contributed by atoms with van der Waals surface area (Å²) in [5, 5.41) is 9.05. The van der Waals surface area contributed by atoms with Crippen molar-refractivity contribution in [3.05, 3.63) is 112 Å². The van der Waals surface area contributed by atoms with Crippen molar-refractivity contribution in [3.63, 3.8) is 0 Å². The maximum atomic E-state index is 13.8. The largest absolute Gasteiger partial charge is 0.335 e. The molecule has 6 rings (SSSR count). The summed E-state index contributed by atoms with van der Waals surface area (Å²) in [4.78, 5) is 25.4. The van der Waals surface area contributed by atoms with Crippen molar-refractivity contribution < 1.29 is 0 Å². The first-order chi connectivity index (χ1) is 18.1. The Morgan fingerprint density at radius 3 is 2.38 bits per heavy atom. The number of aromatic nitrogens is 4. The van der Waals surface area contributed by atoms with Crippen LogP contribution in [0.2, 0.25) is 0 Å². The van der Waals surface area contributed by atoms with E-state index >= 15 is 0 Å². The van der Waals surface area contributed by atoms with Gasteiger partial charge in [-0.3, -0.25) is 19.0 Å². The number of imidazole rings is 1. The molecule has 1 atom stereocenters. The summed E-state index contributed by atoms with van der Waals surface area (Å²) in [5.74, 6) is 0. The number of rotatable bonds is 5. The van der Waals surface area contributed by atoms with Gasteiger partial charge in [-0.25, -0.2) is 9.78 Å². The van der Waals surface area contributed by atoms with Gasteiger partial charge in [-0.1, -0.05) is 30.3 Å². The maximum Gasteiger partial charge on any atom is 0.335 e. The predicted octanol–water partition coefficient (Wildman–Crippen LogP) is 4.88. The van der Waals surface area contributed by atoms with E-state index in [1.807, 2.05) is 77.5 Å². The van der Waals surface area contributed by atoms with Crippen LogP contribution in [0.1, 0.15) is 29.3 Å². The molecule has 0 N–H and O–H groups in total. The number of hydrogen-bond donors (Lipinski definition) is 0. The number of hydrogen-bond acceptors (Lipinski definition) is 5. The van der Waals surface area contributed by atoms with Gasteiger partial charge >= 0.3 is 5.69 Å². The molecule has 1 unspecified atom stereocenters. The van der Waals surface area contributed by atoms with E-state index in [9.17, 15) is 4.79 Å². The first-order valence-corrected chi connectivity index (χ1v) is 12.4. The molecule has 1 fully saturated rings. The minimum absolute atomic E-state index is 0.0492. The lowest BCUT2D eigenvalue weighted by molar-refractivity contribution is 0.311. The van der Waals surface area contributed by atoms with Crippen LogP contribution in [0.15, 0.2) is 90.0 Å². The molecule has 182 valence electrons. The number of nitrogens with zero attached hydrogens (tertiary/aromatic N) is 6. The SMILES string of the molecule is Cc1cccnc1CN1CCC(n2c(=O)n(-c3ccc(-c4ccc(C#N)cc4)cc3)c3cccnc32)C1. The zero-order chi connectivity index (χ0) is 25.4. The molecule has 1 aliphatic heterocycles. The van der Waals surface area contributed by atoms with Crippen molar-refractivity contribution in [1.82, 2.24) is 24.0 Å². The summed E-state index contributed by atoms with van der Waals surface area (Å²) in [5.41, 5.74) is 7.20. The Morgan fingerprint density at radius 1 is 0.946 bits per heavy atom. The first kappa shape index (κ1) is 22.9. The van der Waals surface area contributed by atoms with Crippen LogP contribution in [0.25, 0.3) is 28.0 Å². The van der Waals surface area contributed by atoms with Crippen molar-refractivity contribution >= 4 is 11.2 Å². The van der Waals surface area contributed by atoms with Gasteiger partial charge in [0.2, 0.25) is 0 Å². The van der Waals surface area contributed by atoms with Gasteiger partial charge in [-0.05, 0) is 72.5 Å². The van der Waals surface area contributed by atoms with Crippen molar-refractivity contribution in [1.29, 1.82) is 5.26 Å². The van der Waals surface area contributed by atoms with Crippen molar-refractivity contribution in [2.24, 2.45) is 0 Å². The van der Waals surface area contributed by atoms with Crippen molar-refractivity contribution in [2.75, 3.05) is 13.1 Å². The Kier molecular flexibility index (Phi) is 5.87. The van der Waals surface area contributed by atoms with E-state index < -0.39 is 0 Å². The van der Waals surface area contributed by atoms with E-state index in [0.717, 1.165) is 54.1 Å². The Morgan fingerprint density at radius 2 is 1.65 bits per heavy atom.